The van der Waals surface area contributed by atoms with Gasteiger partial charge in [-0.25, -0.2) is 0 Å². The van der Waals surface area contributed by atoms with Gasteiger partial charge >= 0.3 is 0 Å². The standard InChI is InChI=1S/C24H28N2/c1-24(2,3)22-8-4-18(5-9-22)17-26-15-12-20-6-7-21(16-23(20)26)19-10-13-25-14-11-19/h4-10,12-13,15-16,19,25H,11,14,17H2,1-3H3. The van der Waals surface area contributed by atoms with Crippen molar-refractivity contribution in [2.75, 3.05) is 6.54 Å². The Hall–Kier alpha value is -2.48. The van der Waals surface area contributed by atoms with Crippen LogP contribution in [0.4, 0.5) is 0 Å². The van der Waals surface area contributed by atoms with Crippen LogP contribution < -0.4 is 5.32 Å². The Morgan fingerprint density at radius 1 is 1.04 bits per heavy atom. The van der Waals surface area contributed by atoms with E-state index in [2.05, 4.69) is 97.7 Å². The first-order valence-electron chi connectivity index (χ1n) is 9.59. The maximum atomic E-state index is 3.29. The van der Waals surface area contributed by atoms with E-state index in [0.29, 0.717) is 5.92 Å². The number of benzene rings is 2. The summed E-state index contributed by atoms with van der Waals surface area (Å²) in [6.07, 6.45) is 7.75. The van der Waals surface area contributed by atoms with E-state index in [9.17, 15) is 0 Å². The molecule has 2 heteroatoms. The van der Waals surface area contributed by atoms with E-state index < -0.39 is 0 Å². The third kappa shape index (κ3) is 3.41. The maximum Gasteiger partial charge on any atom is 0.0486 e. The molecule has 0 spiro atoms. The third-order valence-corrected chi connectivity index (χ3v) is 5.45. The molecule has 134 valence electrons. The van der Waals surface area contributed by atoms with Crippen molar-refractivity contribution in [1.29, 1.82) is 0 Å². The van der Waals surface area contributed by atoms with Gasteiger partial charge < -0.3 is 9.88 Å². The molecule has 0 radical (unpaired) electrons. The van der Waals surface area contributed by atoms with Crippen LogP contribution >= 0.6 is 0 Å². The highest BCUT2D eigenvalue weighted by Gasteiger charge is 2.14. The van der Waals surface area contributed by atoms with Gasteiger partial charge in [0, 0.05) is 30.7 Å². The lowest BCUT2D eigenvalue weighted by Crippen LogP contribution is -2.16. The second kappa shape index (κ2) is 6.68. The zero-order valence-electron chi connectivity index (χ0n) is 16.0. The highest BCUT2D eigenvalue weighted by molar-refractivity contribution is 5.81. The van der Waals surface area contributed by atoms with Crippen LogP contribution in [0.25, 0.3) is 10.9 Å². The van der Waals surface area contributed by atoms with Gasteiger partial charge in [-0.15, -0.1) is 0 Å². The molecule has 0 saturated heterocycles. The van der Waals surface area contributed by atoms with E-state index in [1.807, 2.05) is 0 Å². The van der Waals surface area contributed by atoms with Gasteiger partial charge in [0.25, 0.3) is 0 Å². The van der Waals surface area contributed by atoms with Crippen LogP contribution in [0.15, 0.2) is 67.0 Å². The molecule has 0 fully saturated rings. The summed E-state index contributed by atoms with van der Waals surface area (Å²) in [5.41, 5.74) is 5.68. The smallest absolute Gasteiger partial charge is 0.0486 e. The van der Waals surface area contributed by atoms with E-state index in [1.54, 1.807) is 0 Å². The van der Waals surface area contributed by atoms with Gasteiger partial charge in [0.1, 0.15) is 0 Å². The summed E-state index contributed by atoms with van der Waals surface area (Å²) in [5.74, 6) is 0.523. The number of nitrogens with zero attached hydrogens (tertiary/aromatic N) is 1. The van der Waals surface area contributed by atoms with Crippen molar-refractivity contribution in [3.05, 3.63) is 83.7 Å². The molecule has 2 nitrogen and oxygen atoms in total. The zero-order valence-corrected chi connectivity index (χ0v) is 16.0. The quantitative estimate of drug-likeness (QED) is 0.656. The summed E-state index contributed by atoms with van der Waals surface area (Å²) in [7, 11) is 0. The van der Waals surface area contributed by atoms with Crippen LogP contribution in [0, 0.1) is 0 Å². The second-order valence-electron chi connectivity index (χ2n) is 8.42. The minimum Gasteiger partial charge on any atom is -0.391 e. The van der Waals surface area contributed by atoms with Crippen molar-refractivity contribution in [1.82, 2.24) is 9.88 Å². The highest BCUT2D eigenvalue weighted by Crippen LogP contribution is 2.28. The second-order valence-corrected chi connectivity index (χ2v) is 8.42. The van der Waals surface area contributed by atoms with Gasteiger partial charge in [0.2, 0.25) is 0 Å². The van der Waals surface area contributed by atoms with E-state index >= 15 is 0 Å². The molecule has 0 saturated carbocycles. The molecule has 2 heterocycles. The third-order valence-electron chi connectivity index (χ3n) is 5.45. The van der Waals surface area contributed by atoms with Gasteiger partial charge in [0.05, 0.1) is 0 Å². The van der Waals surface area contributed by atoms with E-state index in [4.69, 9.17) is 0 Å². The van der Waals surface area contributed by atoms with E-state index in [1.165, 1.54) is 27.6 Å². The van der Waals surface area contributed by atoms with Crippen LogP contribution in [-0.4, -0.2) is 11.1 Å². The summed E-state index contributed by atoms with van der Waals surface area (Å²) in [5, 5.41) is 4.61. The topological polar surface area (TPSA) is 17.0 Å². The van der Waals surface area contributed by atoms with Gasteiger partial charge in [-0.1, -0.05) is 63.2 Å². The van der Waals surface area contributed by atoms with E-state index in [0.717, 1.165) is 19.5 Å². The number of aromatic nitrogens is 1. The normalized spacial score (nSPS) is 17.4. The molecule has 1 N–H and O–H groups in total. The maximum absolute atomic E-state index is 3.29. The Bertz CT molecular complexity index is 923. The first-order valence-corrected chi connectivity index (χ1v) is 9.59. The van der Waals surface area contributed by atoms with E-state index in [-0.39, 0.29) is 5.41 Å². The van der Waals surface area contributed by atoms with Crippen LogP contribution in [0.3, 0.4) is 0 Å². The van der Waals surface area contributed by atoms with Crippen molar-refractivity contribution < 1.29 is 0 Å². The van der Waals surface area contributed by atoms with Gasteiger partial charge in [0.15, 0.2) is 0 Å². The largest absolute Gasteiger partial charge is 0.391 e. The lowest BCUT2D eigenvalue weighted by molar-refractivity contribution is 0.590. The van der Waals surface area contributed by atoms with Gasteiger partial charge in [-0.05, 0) is 52.2 Å². The predicted octanol–water partition coefficient (Wildman–Crippen LogP) is 5.58. The summed E-state index contributed by atoms with van der Waals surface area (Å²) in [6.45, 7) is 8.76. The van der Waals surface area contributed by atoms with Gasteiger partial charge in [-0.3, -0.25) is 0 Å². The van der Waals surface area contributed by atoms with Crippen molar-refractivity contribution in [3.63, 3.8) is 0 Å². The van der Waals surface area contributed by atoms with Crippen molar-refractivity contribution in [3.8, 4) is 0 Å². The van der Waals surface area contributed by atoms with Crippen molar-refractivity contribution >= 4 is 10.9 Å². The molecule has 0 bridgehead atoms. The Labute approximate surface area is 156 Å². The Morgan fingerprint density at radius 3 is 2.54 bits per heavy atom. The van der Waals surface area contributed by atoms with Crippen LogP contribution in [0.5, 0.6) is 0 Å². The number of hydrogen-bond acceptors (Lipinski definition) is 1. The molecule has 3 aromatic rings. The monoisotopic (exact) mass is 344 g/mol. The first-order chi connectivity index (χ1) is 12.5. The zero-order chi connectivity index (χ0) is 18.1. The molecule has 1 aromatic heterocycles. The molecule has 1 unspecified atom stereocenters. The summed E-state index contributed by atoms with van der Waals surface area (Å²) >= 11 is 0. The molecule has 0 amide bonds. The Balaban J connectivity index is 1.62. The number of fused-ring (bicyclic) bond motifs is 1. The molecule has 4 rings (SSSR count). The average Bonchev–Trinajstić information content (AvgIpc) is 3.04. The fourth-order valence-electron chi connectivity index (χ4n) is 3.76. The Morgan fingerprint density at radius 2 is 1.85 bits per heavy atom. The van der Waals surface area contributed by atoms with Crippen molar-refractivity contribution in [2.24, 2.45) is 0 Å². The minimum absolute atomic E-state index is 0.204. The number of rotatable bonds is 3. The average molecular weight is 345 g/mol. The molecule has 0 aliphatic carbocycles. The van der Waals surface area contributed by atoms with Crippen molar-refractivity contribution in [2.45, 2.75) is 45.1 Å². The molecule has 26 heavy (non-hydrogen) atoms. The molecule has 1 aliphatic heterocycles. The fraction of sp³-hybridized carbons (Fsp3) is 0.333. The molecule has 2 aromatic carbocycles. The first kappa shape index (κ1) is 17.0. The lowest BCUT2D eigenvalue weighted by Gasteiger charge is -2.19. The van der Waals surface area contributed by atoms with Gasteiger partial charge in [-0.2, -0.15) is 0 Å². The highest BCUT2D eigenvalue weighted by atomic mass is 14.9. The minimum atomic E-state index is 0.204. The SMILES string of the molecule is CC(C)(C)c1ccc(Cn2ccc3ccc(C4C=CNCC4)cc32)cc1. The van der Waals surface area contributed by atoms with Crippen LogP contribution in [-0.2, 0) is 12.0 Å². The fourth-order valence-corrected chi connectivity index (χ4v) is 3.76. The number of hydrogen-bond donors (Lipinski definition) is 1. The summed E-state index contributed by atoms with van der Waals surface area (Å²) in [6, 6.07) is 18.2. The predicted molar refractivity (Wildman–Crippen MR) is 111 cm³/mol. The molecular weight excluding hydrogens is 316 g/mol. The number of allylic oxidation sites excluding steroid dienone is 1. The number of nitrogens with one attached hydrogen (secondary N) is 1. The Kier molecular flexibility index (Phi) is 4.36. The molecular formula is C24H28N2. The summed E-state index contributed by atoms with van der Waals surface area (Å²) in [4.78, 5) is 0. The molecule has 1 atom stereocenters. The summed E-state index contributed by atoms with van der Waals surface area (Å²) < 4.78 is 2.37. The lowest BCUT2D eigenvalue weighted by atomic mass is 9.87. The molecule has 1 aliphatic rings. The van der Waals surface area contributed by atoms with Crippen LogP contribution in [0.2, 0.25) is 0 Å². The van der Waals surface area contributed by atoms with Crippen LogP contribution in [0.1, 0.15) is 49.8 Å².